The highest BCUT2D eigenvalue weighted by Gasteiger charge is 2.05. The summed E-state index contributed by atoms with van der Waals surface area (Å²) in [7, 11) is 0. The van der Waals surface area contributed by atoms with E-state index in [1.807, 2.05) is 0 Å². The predicted molar refractivity (Wildman–Crippen MR) is 106 cm³/mol. The molecule has 0 atom stereocenters. The number of amides is 2. The maximum Gasteiger partial charge on any atom is 0.252 e. The first-order valence-electron chi connectivity index (χ1n) is 9.25. The molecular weight excluding hydrogens is 364 g/mol. The minimum atomic E-state index is -0.122. The van der Waals surface area contributed by atoms with Crippen LogP contribution in [0.3, 0.4) is 0 Å². The summed E-state index contributed by atoms with van der Waals surface area (Å²) in [5.74, 6) is -0.196. The zero-order chi connectivity index (χ0) is 19.3. The molecule has 2 aromatic rings. The number of nitrogens with zero attached hydrogens (tertiary/aromatic N) is 2. The van der Waals surface area contributed by atoms with Crippen LogP contribution in [0.1, 0.15) is 59.2 Å². The summed E-state index contributed by atoms with van der Waals surface area (Å²) in [6.07, 6.45) is 11.0. The number of hydrogen-bond acceptors (Lipinski definition) is 4. The Labute approximate surface area is 164 Å². The molecule has 0 saturated heterocycles. The lowest BCUT2D eigenvalue weighted by atomic mass is 10.1. The number of carbonyl (C=O) groups excluding carboxylic acids is 2. The van der Waals surface area contributed by atoms with Crippen molar-refractivity contribution in [2.75, 3.05) is 13.1 Å². The number of unbranched alkanes of at least 4 members (excludes halogenated alkanes) is 5. The van der Waals surface area contributed by atoms with E-state index in [-0.39, 0.29) is 11.8 Å². The Morgan fingerprint density at radius 2 is 1.41 bits per heavy atom. The fourth-order valence-corrected chi connectivity index (χ4v) is 2.68. The van der Waals surface area contributed by atoms with Gasteiger partial charge in [0.1, 0.15) is 5.15 Å². The van der Waals surface area contributed by atoms with Crippen LogP contribution in [0.4, 0.5) is 0 Å². The molecule has 0 spiro atoms. The van der Waals surface area contributed by atoms with E-state index in [1.165, 1.54) is 6.20 Å². The number of hydrogen-bond donors (Lipinski definition) is 2. The third kappa shape index (κ3) is 8.17. The second-order valence-electron chi connectivity index (χ2n) is 6.24. The fraction of sp³-hybridized carbons (Fsp3) is 0.400. The first kappa shape index (κ1) is 20.8. The molecule has 7 heteroatoms. The van der Waals surface area contributed by atoms with Crippen LogP contribution in [-0.4, -0.2) is 34.9 Å². The summed E-state index contributed by atoms with van der Waals surface area (Å²) in [5.41, 5.74) is 1.11. The van der Waals surface area contributed by atoms with Gasteiger partial charge in [0.25, 0.3) is 11.8 Å². The van der Waals surface area contributed by atoms with Crippen molar-refractivity contribution in [3.05, 3.63) is 59.1 Å². The first-order chi connectivity index (χ1) is 13.2. The summed E-state index contributed by atoms with van der Waals surface area (Å²) in [4.78, 5) is 31.5. The van der Waals surface area contributed by atoms with Crippen molar-refractivity contribution in [2.24, 2.45) is 0 Å². The zero-order valence-corrected chi connectivity index (χ0v) is 16.0. The maximum atomic E-state index is 11.9. The Hall–Kier alpha value is -2.47. The minimum absolute atomic E-state index is 0.0743. The maximum absolute atomic E-state index is 11.9. The molecule has 27 heavy (non-hydrogen) atoms. The molecule has 2 aromatic heterocycles. The van der Waals surface area contributed by atoms with E-state index >= 15 is 0 Å². The Kier molecular flexibility index (Phi) is 9.27. The average Bonchev–Trinajstić information content (AvgIpc) is 2.70. The minimum Gasteiger partial charge on any atom is -0.352 e. The Bertz CT molecular complexity index is 708. The van der Waals surface area contributed by atoms with Crippen molar-refractivity contribution < 1.29 is 9.59 Å². The standard InChI is InChI=1S/C20H25ClN4O2/c21-18-10-9-17(15-25-18)20(27)24-13-6-4-2-1-3-5-12-23-19(26)16-8-7-11-22-14-16/h7-11,14-15H,1-6,12-13H2,(H,23,26)(H,24,27). The molecule has 2 N–H and O–H groups in total. The molecule has 2 heterocycles. The molecule has 0 bridgehead atoms. The monoisotopic (exact) mass is 388 g/mol. The topological polar surface area (TPSA) is 84.0 Å². The van der Waals surface area contributed by atoms with E-state index in [1.54, 1.807) is 36.7 Å². The average molecular weight is 389 g/mol. The molecular formula is C20H25ClN4O2. The molecule has 0 radical (unpaired) electrons. The van der Waals surface area contributed by atoms with Gasteiger partial charge in [-0.1, -0.05) is 37.3 Å². The quantitative estimate of drug-likeness (QED) is 0.454. The molecule has 0 fully saturated rings. The SMILES string of the molecule is O=C(NCCCCCCCCNC(=O)c1ccc(Cl)nc1)c1cccnc1. The molecule has 2 amide bonds. The third-order valence-electron chi connectivity index (χ3n) is 4.09. The highest BCUT2D eigenvalue weighted by atomic mass is 35.5. The van der Waals surface area contributed by atoms with Crippen LogP contribution in [0.15, 0.2) is 42.9 Å². The van der Waals surface area contributed by atoms with Crippen LogP contribution < -0.4 is 10.6 Å². The molecule has 0 aliphatic heterocycles. The number of nitrogens with one attached hydrogen (secondary N) is 2. The van der Waals surface area contributed by atoms with Crippen molar-refractivity contribution in [3.8, 4) is 0 Å². The Balaban J connectivity index is 1.43. The number of rotatable bonds is 11. The van der Waals surface area contributed by atoms with Gasteiger partial charge in [-0.3, -0.25) is 14.6 Å². The van der Waals surface area contributed by atoms with Gasteiger partial charge in [0.2, 0.25) is 0 Å². The van der Waals surface area contributed by atoms with E-state index < -0.39 is 0 Å². The van der Waals surface area contributed by atoms with Crippen LogP contribution in [0.5, 0.6) is 0 Å². The number of aromatic nitrogens is 2. The van der Waals surface area contributed by atoms with Gasteiger partial charge in [-0.25, -0.2) is 4.98 Å². The summed E-state index contributed by atoms with van der Waals surface area (Å²) in [6, 6.07) is 6.78. The van der Waals surface area contributed by atoms with Crippen molar-refractivity contribution in [3.63, 3.8) is 0 Å². The lowest BCUT2D eigenvalue weighted by Gasteiger charge is -2.06. The van der Waals surface area contributed by atoms with Crippen LogP contribution >= 0.6 is 11.6 Å². The van der Waals surface area contributed by atoms with Gasteiger partial charge in [-0.05, 0) is 37.1 Å². The number of pyridine rings is 2. The zero-order valence-electron chi connectivity index (χ0n) is 15.3. The van der Waals surface area contributed by atoms with Crippen molar-refractivity contribution in [1.29, 1.82) is 0 Å². The van der Waals surface area contributed by atoms with E-state index in [9.17, 15) is 9.59 Å². The van der Waals surface area contributed by atoms with E-state index in [0.717, 1.165) is 38.5 Å². The highest BCUT2D eigenvalue weighted by Crippen LogP contribution is 2.06. The molecule has 2 rings (SSSR count). The largest absolute Gasteiger partial charge is 0.352 e. The van der Waals surface area contributed by atoms with Gasteiger partial charge in [-0.15, -0.1) is 0 Å². The molecule has 0 saturated carbocycles. The van der Waals surface area contributed by atoms with Crippen LogP contribution in [-0.2, 0) is 0 Å². The highest BCUT2D eigenvalue weighted by molar-refractivity contribution is 6.29. The Morgan fingerprint density at radius 1 is 0.815 bits per heavy atom. The van der Waals surface area contributed by atoms with Crippen molar-refractivity contribution >= 4 is 23.4 Å². The van der Waals surface area contributed by atoms with Crippen molar-refractivity contribution in [1.82, 2.24) is 20.6 Å². The second kappa shape index (κ2) is 12.0. The van der Waals surface area contributed by atoms with E-state index in [0.29, 0.717) is 29.4 Å². The van der Waals surface area contributed by atoms with Gasteiger partial charge >= 0.3 is 0 Å². The van der Waals surface area contributed by atoms with Crippen LogP contribution in [0.25, 0.3) is 0 Å². The molecule has 0 aromatic carbocycles. The fourth-order valence-electron chi connectivity index (χ4n) is 2.57. The lowest BCUT2D eigenvalue weighted by molar-refractivity contribution is 0.0944. The second-order valence-corrected chi connectivity index (χ2v) is 6.63. The smallest absolute Gasteiger partial charge is 0.252 e. The van der Waals surface area contributed by atoms with Crippen LogP contribution in [0.2, 0.25) is 5.15 Å². The van der Waals surface area contributed by atoms with Gasteiger partial charge in [0.05, 0.1) is 11.1 Å². The first-order valence-corrected chi connectivity index (χ1v) is 9.62. The normalized spacial score (nSPS) is 10.4. The van der Waals surface area contributed by atoms with Crippen LogP contribution in [0, 0.1) is 0 Å². The number of halogens is 1. The van der Waals surface area contributed by atoms with Gasteiger partial charge < -0.3 is 10.6 Å². The Morgan fingerprint density at radius 3 is 1.93 bits per heavy atom. The molecule has 0 aliphatic rings. The molecule has 0 unspecified atom stereocenters. The molecule has 6 nitrogen and oxygen atoms in total. The predicted octanol–water partition coefficient (Wildman–Crippen LogP) is 3.63. The lowest BCUT2D eigenvalue weighted by Crippen LogP contribution is -2.24. The summed E-state index contributed by atoms with van der Waals surface area (Å²) >= 11 is 5.70. The van der Waals surface area contributed by atoms with Gasteiger partial charge in [0.15, 0.2) is 0 Å². The summed E-state index contributed by atoms with van der Waals surface area (Å²) < 4.78 is 0. The van der Waals surface area contributed by atoms with E-state index in [2.05, 4.69) is 20.6 Å². The third-order valence-corrected chi connectivity index (χ3v) is 4.31. The van der Waals surface area contributed by atoms with E-state index in [4.69, 9.17) is 11.6 Å². The molecule has 0 aliphatic carbocycles. The van der Waals surface area contributed by atoms with Crippen molar-refractivity contribution in [2.45, 2.75) is 38.5 Å². The summed E-state index contributed by atoms with van der Waals surface area (Å²) in [5, 5.41) is 6.16. The molecule has 144 valence electrons. The van der Waals surface area contributed by atoms with Gasteiger partial charge in [0, 0.05) is 31.7 Å². The van der Waals surface area contributed by atoms with Gasteiger partial charge in [-0.2, -0.15) is 0 Å². The number of carbonyl (C=O) groups is 2. The summed E-state index contributed by atoms with van der Waals surface area (Å²) in [6.45, 7) is 1.33.